The average molecular weight is 480 g/mol. The molecule has 1 aliphatic carbocycles. The normalized spacial score (nSPS) is 20.9. The Morgan fingerprint density at radius 1 is 0.829 bits per heavy atom. The van der Waals surface area contributed by atoms with Gasteiger partial charge in [-0.15, -0.1) is 0 Å². The summed E-state index contributed by atoms with van der Waals surface area (Å²) in [7, 11) is 0. The van der Waals surface area contributed by atoms with Crippen molar-refractivity contribution in [2.45, 2.75) is 51.4 Å². The summed E-state index contributed by atoms with van der Waals surface area (Å²) in [4.78, 5) is 18.1. The zero-order valence-corrected chi connectivity index (χ0v) is 20.1. The SMILES string of the molecule is Cc1cc(-c2cn(-c3ccc(N)cc3N3CCC4(CC3)CC4)cn2)nc(N2CCC(F)(F)CC2)n1. The molecule has 3 aromatic rings. The van der Waals surface area contributed by atoms with E-state index in [0.717, 1.165) is 41.5 Å². The Morgan fingerprint density at radius 3 is 2.26 bits per heavy atom. The number of hydrogen-bond donors (Lipinski definition) is 1. The molecular formula is C26H31F2N7. The third-order valence-electron chi connectivity index (χ3n) is 7.86. The highest BCUT2D eigenvalue weighted by Crippen LogP contribution is 2.54. The van der Waals surface area contributed by atoms with E-state index in [2.05, 4.69) is 20.9 Å². The highest BCUT2D eigenvalue weighted by Gasteiger charge is 2.44. The predicted molar refractivity (Wildman–Crippen MR) is 133 cm³/mol. The van der Waals surface area contributed by atoms with Crippen LogP contribution in [0.15, 0.2) is 36.8 Å². The van der Waals surface area contributed by atoms with Crippen molar-refractivity contribution in [1.29, 1.82) is 0 Å². The summed E-state index contributed by atoms with van der Waals surface area (Å²) in [5.41, 5.74) is 11.9. The number of aryl methyl sites for hydroxylation is 1. The van der Waals surface area contributed by atoms with Crippen LogP contribution in [0.2, 0.25) is 0 Å². The van der Waals surface area contributed by atoms with Gasteiger partial charge in [-0.1, -0.05) is 0 Å². The number of nitrogens with zero attached hydrogens (tertiary/aromatic N) is 6. The molecule has 2 N–H and O–H groups in total. The maximum atomic E-state index is 13.6. The van der Waals surface area contributed by atoms with Crippen molar-refractivity contribution in [3.8, 4) is 17.1 Å². The number of alkyl halides is 2. The van der Waals surface area contributed by atoms with E-state index in [0.29, 0.717) is 17.1 Å². The first-order valence-electron chi connectivity index (χ1n) is 12.5. The molecule has 0 radical (unpaired) electrons. The van der Waals surface area contributed by atoms with Crippen molar-refractivity contribution in [1.82, 2.24) is 19.5 Å². The Kier molecular flexibility index (Phi) is 5.19. The highest BCUT2D eigenvalue weighted by molar-refractivity contribution is 5.69. The molecule has 184 valence electrons. The second kappa shape index (κ2) is 8.17. The van der Waals surface area contributed by atoms with Crippen LogP contribution in [0.3, 0.4) is 0 Å². The van der Waals surface area contributed by atoms with Crippen LogP contribution in [-0.2, 0) is 0 Å². The molecule has 1 aromatic carbocycles. The molecule has 7 nitrogen and oxygen atoms in total. The molecule has 2 aliphatic heterocycles. The maximum absolute atomic E-state index is 13.6. The van der Waals surface area contributed by atoms with Crippen LogP contribution in [0.5, 0.6) is 0 Å². The van der Waals surface area contributed by atoms with Crippen molar-refractivity contribution >= 4 is 17.3 Å². The number of piperidine rings is 2. The molecule has 2 saturated heterocycles. The molecule has 2 aromatic heterocycles. The minimum absolute atomic E-state index is 0.175. The van der Waals surface area contributed by atoms with Gasteiger partial charge in [-0.3, -0.25) is 0 Å². The lowest BCUT2D eigenvalue weighted by Gasteiger charge is -2.35. The van der Waals surface area contributed by atoms with Crippen molar-refractivity contribution in [2.75, 3.05) is 41.7 Å². The van der Waals surface area contributed by atoms with Gasteiger partial charge < -0.3 is 20.1 Å². The third kappa shape index (κ3) is 4.44. The van der Waals surface area contributed by atoms with E-state index < -0.39 is 5.92 Å². The van der Waals surface area contributed by atoms with Crippen LogP contribution in [0.1, 0.15) is 44.2 Å². The number of hydrogen-bond acceptors (Lipinski definition) is 6. The van der Waals surface area contributed by atoms with Gasteiger partial charge in [-0.2, -0.15) is 0 Å². The lowest BCUT2D eigenvalue weighted by atomic mass is 9.93. The predicted octanol–water partition coefficient (Wildman–Crippen LogP) is 4.84. The van der Waals surface area contributed by atoms with E-state index in [-0.39, 0.29) is 25.9 Å². The quantitative estimate of drug-likeness (QED) is 0.540. The Hall–Kier alpha value is -3.23. The number of halogens is 2. The molecular weight excluding hydrogens is 448 g/mol. The highest BCUT2D eigenvalue weighted by atomic mass is 19.3. The Balaban J connectivity index is 1.28. The van der Waals surface area contributed by atoms with Crippen molar-refractivity contribution in [3.05, 3.63) is 42.5 Å². The lowest BCUT2D eigenvalue weighted by Crippen LogP contribution is -2.40. The number of anilines is 3. The monoisotopic (exact) mass is 479 g/mol. The van der Waals surface area contributed by atoms with Gasteiger partial charge in [0.1, 0.15) is 12.0 Å². The summed E-state index contributed by atoms with van der Waals surface area (Å²) >= 11 is 0. The van der Waals surface area contributed by atoms with E-state index in [9.17, 15) is 8.78 Å². The molecule has 1 saturated carbocycles. The summed E-state index contributed by atoms with van der Waals surface area (Å²) in [6, 6.07) is 7.91. The molecule has 0 amide bonds. The number of benzene rings is 1. The van der Waals surface area contributed by atoms with E-state index in [1.54, 1.807) is 6.33 Å². The summed E-state index contributed by atoms with van der Waals surface area (Å²) < 4.78 is 29.3. The number of aromatic nitrogens is 4. The molecule has 0 unspecified atom stereocenters. The van der Waals surface area contributed by atoms with Crippen LogP contribution in [0.4, 0.5) is 26.1 Å². The number of rotatable bonds is 4. The second-order valence-electron chi connectivity index (χ2n) is 10.4. The molecule has 9 heteroatoms. The fraction of sp³-hybridized carbons (Fsp3) is 0.500. The van der Waals surface area contributed by atoms with Gasteiger partial charge in [0.2, 0.25) is 5.95 Å². The molecule has 0 atom stereocenters. The second-order valence-corrected chi connectivity index (χ2v) is 10.4. The topological polar surface area (TPSA) is 76.1 Å². The van der Waals surface area contributed by atoms with Crippen LogP contribution in [-0.4, -0.2) is 51.6 Å². The summed E-state index contributed by atoms with van der Waals surface area (Å²) in [6.07, 6.45) is 8.64. The maximum Gasteiger partial charge on any atom is 0.251 e. The molecule has 0 bridgehead atoms. The first-order valence-corrected chi connectivity index (χ1v) is 12.5. The Labute approximate surface area is 204 Å². The van der Waals surface area contributed by atoms with Gasteiger partial charge in [-0.05, 0) is 62.3 Å². The van der Waals surface area contributed by atoms with Crippen LogP contribution >= 0.6 is 0 Å². The Bertz CT molecular complexity index is 1230. The van der Waals surface area contributed by atoms with Crippen molar-refractivity contribution in [3.63, 3.8) is 0 Å². The van der Waals surface area contributed by atoms with Gasteiger partial charge in [-0.25, -0.2) is 23.7 Å². The van der Waals surface area contributed by atoms with Gasteiger partial charge in [0.15, 0.2) is 0 Å². The first-order chi connectivity index (χ1) is 16.8. The smallest absolute Gasteiger partial charge is 0.251 e. The van der Waals surface area contributed by atoms with Gasteiger partial charge in [0, 0.05) is 56.6 Å². The first kappa shape index (κ1) is 22.2. The van der Waals surface area contributed by atoms with Crippen LogP contribution in [0.25, 0.3) is 17.1 Å². The third-order valence-corrected chi connectivity index (χ3v) is 7.86. The number of nitrogens with two attached hydrogens (primary N) is 1. The number of imidazole rings is 1. The lowest BCUT2D eigenvalue weighted by molar-refractivity contribution is -0.0222. The summed E-state index contributed by atoms with van der Waals surface area (Å²) in [5, 5.41) is 0. The molecule has 4 heterocycles. The van der Waals surface area contributed by atoms with Crippen LogP contribution in [0, 0.1) is 12.3 Å². The molecule has 1 spiro atoms. The van der Waals surface area contributed by atoms with Crippen LogP contribution < -0.4 is 15.5 Å². The Morgan fingerprint density at radius 2 is 1.54 bits per heavy atom. The van der Waals surface area contributed by atoms with E-state index in [1.807, 2.05) is 40.8 Å². The van der Waals surface area contributed by atoms with Gasteiger partial charge >= 0.3 is 0 Å². The molecule has 3 aliphatic rings. The fourth-order valence-corrected chi connectivity index (χ4v) is 5.36. The largest absolute Gasteiger partial charge is 0.399 e. The van der Waals surface area contributed by atoms with Crippen molar-refractivity contribution < 1.29 is 8.78 Å². The zero-order chi connectivity index (χ0) is 24.2. The molecule has 3 fully saturated rings. The van der Waals surface area contributed by atoms with E-state index >= 15 is 0 Å². The zero-order valence-electron chi connectivity index (χ0n) is 20.1. The van der Waals surface area contributed by atoms with Gasteiger partial charge in [0.25, 0.3) is 5.92 Å². The van der Waals surface area contributed by atoms with Crippen molar-refractivity contribution in [2.24, 2.45) is 5.41 Å². The van der Waals surface area contributed by atoms with Gasteiger partial charge in [0.05, 0.1) is 17.1 Å². The minimum atomic E-state index is -2.60. The standard InChI is InChI=1S/C26H31F2N7/c1-18-14-20(32-24(31-18)34-12-8-26(27,28)9-13-34)21-16-35(17-30-21)22-3-2-19(29)15-23(22)33-10-6-25(4-5-25)7-11-33/h2-3,14-17H,4-13,29H2,1H3. The number of nitrogen functional groups attached to an aromatic ring is 1. The van der Waals surface area contributed by atoms with E-state index in [1.165, 1.54) is 25.7 Å². The fourth-order valence-electron chi connectivity index (χ4n) is 5.36. The minimum Gasteiger partial charge on any atom is -0.399 e. The summed E-state index contributed by atoms with van der Waals surface area (Å²) in [6.45, 7) is 4.47. The molecule has 6 rings (SSSR count). The van der Waals surface area contributed by atoms with E-state index in [4.69, 9.17) is 10.7 Å². The average Bonchev–Trinajstić information content (AvgIpc) is 3.39. The molecule has 35 heavy (non-hydrogen) atoms. The summed E-state index contributed by atoms with van der Waals surface area (Å²) in [5.74, 6) is -2.12.